The SMILES string of the molecule is CCNCc1c(C)nn(C(F)F)c1C. The van der Waals surface area contributed by atoms with Crippen molar-refractivity contribution >= 4 is 0 Å². The number of aromatic nitrogens is 2. The molecule has 0 bridgehead atoms. The molecule has 0 aliphatic carbocycles. The molecule has 1 aromatic heterocycles. The van der Waals surface area contributed by atoms with Crippen LogP contribution in [-0.2, 0) is 6.54 Å². The van der Waals surface area contributed by atoms with Gasteiger partial charge in [-0.2, -0.15) is 13.9 Å². The van der Waals surface area contributed by atoms with Gasteiger partial charge < -0.3 is 5.32 Å². The number of rotatable bonds is 4. The molecular weight excluding hydrogens is 188 g/mol. The summed E-state index contributed by atoms with van der Waals surface area (Å²) in [5.74, 6) is 0. The summed E-state index contributed by atoms with van der Waals surface area (Å²) in [7, 11) is 0. The quantitative estimate of drug-likeness (QED) is 0.811. The highest BCUT2D eigenvalue weighted by Gasteiger charge is 2.16. The normalized spacial score (nSPS) is 11.3. The first-order valence-corrected chi connectivity index (χ1v) is 4.61. The molecule has 14 heavy (non-hydrogen) atoms. The van der Waals surface area contributed by atoms with E-state index < -0.39 is 6.55 Å². The van der Waals surface area contributed by atoms with E-state index in [0.29, 0.717) is 17.9 Å². The largest absolute Gasteiger partial charge is 0.333 e. The van der Waals surface area contributed by atoms with Crippen molar-refractivity contribution in [1.29, 1.82) is 0 Å². The maximum atomic E-state index is 12.4. The van der Waals surface area contributed by atoms with E-state index in [1.54, 1.807) is 13.8 Å². The van der Waals surface area contributed by atoms with E-state index in [2.05, 4.69) is 10.4 Å². The predicted molar refractivity (Wildman–Crippen MR) is 50.3 cm³/mol. The molecule has 0 saturated carbocycles. The Morgan fingerprint density at radius 1 is 1.43 bits per heavy atom. The van der Waals surface area contributed by atoms with Crippen LogP contribution >= 0.6 is 0 Å². The van der Waals surface area contributed by atoms with Crippen LogP contribution in [0.5, 0.6) is 0 Å². The molecule has 0 aliphatic heterocycles. The Labute approximate surface area is 82.1 Å². The molecule has 0 radical (unpaired) electrons. The lowest BCUT2D eigenvalue weighted by atomic mass is 10.2. The fraction of sp³-hybridized carbons (Fsp3) is 0.667. The number of nitrogens with one attached hydrogen (secondary N) is 1. The number of hydrogen-bond acceptors (Lipinski definition) is 2. The standard InChI is InChI=1S/C9H15F2N3/c1-4-12-5-8-6(2)13-14(7(8)3)9(10)11/h9,12H,4-5H2,1-3H3. The maximum Gasteiger partial charge on any atom is 0.333 e. The van der Waals surface area contributed by atoms with Gasteiger partial charge in [0.05, 0.1) is 5.69 Å². The highest BCUT2D eigenvalue weighted by atomic mass is 19.3. The lowest BCUT2D eigenvalue weighted by Gasteiger charge is -2.04. The zero-order valence-corrected chi connectivity index (χ0v) is 8.64. The van der Waals surface area contributed by atoms with Crippen molar-refractivity contribution in [3.63, 3.8) is 0 Å². The van der Waals surface area contributed by atoms with Gasteiger partial charge in [0.25, 0.3) is 0 Å². The number of alkyl halides is 2. The number of nitrogens with zero attached hydrogens (tertiary/aromatic N) is 2. The van der Waals surface area contributed by atoms with Gasteiger partial charge in [-0.3, -0.25) is 0 Å². The Bertz CT molecular complexity index is 307. The van der Waals surface area contributed by atoms with Crippen molar-refractivity contribution in [3.8, 4) is 0 Å². The van der Waals surface area contributed by atoms with Crippen LogP contribution in [0.2, 0.25) is 0 Å². The molecule has 5 heteroatoms. The van der Waals surface area contributed by atoms with E-state index in [4.69, 9.17) is 0 Å². The first kappa shape index (κ1) is 11.1. The molecule has 0 aliphatic rings. The Morgan fingerprint density at radius 2 is 2.07 bits per heavy atom. The fourth-order valence-corrected chi connectivity index (χ4v) is 1.39. The van der Waals surface area contributed by atoms with Crippen LogP contribution in [0.15, 0.2) is 0 Å². The summed E-state index contributed by atoms with van der Waals surface area (Å²) in [4.78, 5) is 0. The van der Waals surface area contributed by atoms with E-state index in [1.165, 1.54) is 0 Å². The van der Waals surface area contributed by atoms with Gasteiger partial charge in [0.15, 0.2) is 0 Å². The fourth-order valence-electron chi connectivity index (χ4n) is 1.39. The van der Waals surface area contributed by atoms with Crippen molar-refractivity contribution in [2.45, 2.75) is 33.9 Å². The minimum Gasteiger partial charge on any atom is -0.313 e. The summed E-state index contributed by atoms with van der Waals surface area (Å²) < 4.78 is 25.6. The summed E-state index contributed by atoms with van der Waals surface area (Å²) in [5, 5.41) is 6.89. The van der Waals surface area contributed by atoms with E-state index >= 15 is 0 Å². The third-order valence-electron chi connectivity index (χ3n) is 2.21. The van der Waals surface area contributed by atoms with Crippen LogP contribution in [-0.4, -0.2) is 16.3 Å². The van der Waals surface area contributed by atoms with Crippen molar-refractivity contribution in [3.05, 3.63) is 17.0 Å². The van der Waals surface area contributed by atoms with Gasteiger partial charge in [-0.15, -0.1) is 0 Å². The molecule has 0 unspecified atom stereocenters. The second-order valence-electron chi connectivity index (χ2n) is 3.15. The minimum absolute atomic E-state index is 0.540. The van der Waals surface area contributed by atoms with Crippen LogP contribution in [0.25, 0.3) is 0 Å². The number of hydrogen-bond donors (Lipinski definition) is 1. The van der Waals surface area contributed by atoms with Gasteiger partial charge in [0.1, 0.15) is 0 Å². The molecular formula is C9H15F2N3. The van der Waals surface area contributed by atoms with Crippen molar-refractivity contribution in [2.24, 2.45) is 0 Å². The molecule has 1 N–H and O–H groups in total. The molecule has 80 valence electrons. The lowest BCUT2D eigenvalue weighted by Crippen LogP contribution is -2.13. The monoisotopic (exact) mass is 203 g/mol. The van der Waals surface area contributed by atoms with Gasteiger partial charge in [-0.05, 0) is 20.4 Å². The van der Waals surface area contributed by atoms with Crippen LogP contribution in [0, 0.1) is 13.8 Å². The molecule has 0 amide bonds. The number of halogens is 2. The van der Waals surface area contributed by atoms with Gasteiger partial charge in [0.2, 0.25) is 0 Å². The lowest BCUT2D eigenvalue weighted by molar-refractivity contribution is 0.0540. The highest BCUT2D eigenvalue weighted by molar-refractivity contribution is 5.24. The summed E-state index contributed by atoms with van der Waals surface area (Å²) in [6.07, 6.45) is 0. The predicted octanol–water partition coefficient (Wildman–Crippen LogP) is 2.00. The van der Waals surface area contributed by atoms with Gasteiger partial charge in [-0.25, -0.2) is 4.68 Å². The summed E-state index contributed by atoms with van der Waals surface area (Å²) in [6, 6.07) is 0. The topological polar surface area (TPSA) is 29.9 Å². The van der Waals surface area contributed by atoms with Gasteiger partial charge in [0, 0.05) is 17.8 Å². The smallest absolute Gasteiger partial charge is 0.313 e. The minimum atomic E-state index is -2.55. The van der Waals surface area contributed by atoms with Crippen LogP contribution in [0.4, 0.5) is 8.78 Å². The van der Waals surface area contributed by atoms with Gasteiger partial charge in [-0.1, -0.05) is 6.92 Å². The third kappa shape index (κ3) is 2.09. The Kier molecular flexibility index (Phi) is 3.57. The Morgan fingerprint density at radius 3 is 2.50 bits per heavy atom. The zero-order valence-electron chi connectivity index (χ0n) is 8.64. The van der Waals surface area contributed by atoms with Crippen LogP contribution < -0.4 is 5.32 Å². The molecule has 1 rings (SSSR count). The van der Waals surface area contributed by atoms with E-state index in [-0.39, 0.29) is 0 Å². The van der Waals surface area contributed by atoms with E-state index in [9.17, 15) is 8.78 Å². The summed E-state index contributed by atoms with van der Waals surface area (Å²) in [6.45, 7) is 4.25. The molecule has 3 nitrogen and oxygen atoms in total. The van der Waals surface area contributed by atoms with Crippen LogP contribution in [0.1, 0.15) is 30.4 Å². The molecule has 0 spiro atoms. The second-order valence-corrected chi connectivity index (χ2v) is 3.15. The molecule has 0 atom stereocenters. The van der Waals surface area contributed by atoms with Crippen molar-refractivity contribution < 1.29 is 8.78 Å². The second kappa shape index (κ2) is 4.50. The third-order valence-corrected chi connectivity index (χ3v) is 2.21. The Balaban J connectivity index is 2.93. The first-order valence-electron chi connectivity index (χ1n) is 4.61. The van der Waals surface area contributed by atoms with Gasteiger partial charge >= 0.3 is 6.55 Å². The molecule has 0 fully saturated rings. The number of aryl methyl sites for hydroxylation is 1. The molecule has 1 aromatic rings. The average molecular weight is 203 g/mol. The Hall–Kier alpha value is -0.970. The van der Waals surface area contributed by atoms with Crippen LogP contribution in [0.3, 0.4) is 0 Å². The summed E-state index contributed by atoms with van der Waals surface area (Å²) in [5.41, 5.74) is 2.08. The van der Waals surface area contributed by atoms with E-state index in [0.717, 1.165) is 16.8 Å². The molecule has 0 aromatic carbocycles. The zero-order chi connectivity index (χ0) is 10.7. The maximum absolute atomic E-state index is 12.4. The highest BCUT2D eigenvalue weighted by Crippen LogP contribution is 2.18. The first-order chi connectivity index (χ1) is 6.57. The average Bonchev–Trinajstić information content (AvgIpc) is 2.40. The molecule has 1 heterocycles. The van der Waals surface area contributed by atoms with Crippen molar-refractivity contribution in [2.75, 3.05) is 6.54 Å². The van der Waals surface area contributed by atoms with E-state index in [1.807, 2.05) is 6.92 Å². The molecule has 0 saturated heterocycles. The summed E-state index contributed by atoms with van der Waals surface area (Å²) >= 11 is 0. The van der Waals surface area contributed by atoms with Crippen molar-refractivity contribution in [1.82, 2.24) is 15.1 Å².